The Kier molecular flexibility index (Phi) is 6.18. The number of rotatable bonds is 8. The Hall–Kier alpha value is -1.72. The molecule has 0 fully saturated rings. The molecule has 1 unspecified atom stereocenters. The van der Waals surface area contributed by atoms with E-state index in [-0.39, 0.29) is 12.3 Å². The number of hydrogen-bond donors (Lipinski definition) is 2. The van der Waals surface area contributed by atoms with Crippen LogP contribution in [0.4, 0.5) is 5.95 Å². The average Bonchev–Trinajstić information content (AvgIpc) is 2.42. The number of carboxylic acids is 1. The molecule has 19 heavy (non-hydrogen) atoms. The zero-order valence-electron chi connectivity index (χ0n) is 11.8. The summed E-state index contributed by atoms with van der Waals surface area (Å²) >= 11 is 0. The molecule has 0 aliphatic heterocycles. The Morgan fingerprint density at radius 3 is 2.53 bits per heavy atom. The van der Waals surface area contributed by atoms with Gasteiger partial charge in [0, 0.05) is 13.0 Å². The maximum absolute atomic E-state index is 10.5. The van der Waals surface area contributed by atoms with Crippen LogP contribution in [0.5, 0.6) is 0 Å². The largest absolute Gasteiger partial charge is 0.481 e. The molecule has 0 radical (unpaired) electrons. The fourth-order valence-electron chi connectivity index (χ4n) is 1.75. The van der Waals surface area contributed by atoms with Gasteiger partial charge in [-0.2, -0.15) is 5.10 Å². The SMILES string of the molecule is CCc1nnc(NCC(C)CCC(=O)O)nc1CC. The highest BCUT2D eigenvalue weighted by Crippen LogP contribution is 2.09. The Bertz CT molecular complexity index is 423. The van der Waals surface area contributed by atoms with Crippen LogP contribution >= 0.6 is 0 Å². The number of anilines is 1. The average molecular weight is 266 g/mol. The Labute approximate surface area is 113 Å². The fourth-order valence-corrected chi connectivity index (χ4v) is 1.75. The lowest BCUT2D eigenvalue weighted by Crippen LogP contribution is -2.16. The van der Waals surface area contributed by atoms with Crippen molar-refractivity contribution in [3.63, 3.8) is 0 Å². The zero-order chi connectivity index (χ0) is 14.3. The van der Waals surface area contributed by atoms with E-state index < -0.39 is 5.97 Å². The van der Waals surface area contributed by atoms with Crippen molar-refractivity contribution in [2.24, 2.45) is 5.92 Å². The first-order valence-corrected chi connectivity index (χ1v) is 6.74. The standard InChI is InChI=1S/C13H22N4O2/c1-4-10-11(5-2)16-17-13(15-10)14-8-9(3)6-7-12(18)19/h9H,4-8H2,1-3H3,(H,18,19)(H,14,15,17). The number of nitrogens with one attached hydrogen (secondary N) is 1. The van der Waals surface area contributed by atoms with Crippen molar-refractivity contribution in [2.75, 3.05) is 11.9 Å². The molecule has 0 aliphatic carbocycles. The van der Waals surface area contributed by atoms with Gasteiger partial charge in [0.15, 0.2) is 0 Å². The Morgan fingerprint density at radius 2 is 1.95 bits per heavy atom. The summed E-state index contributed by atoms with van der Waals surface area (Å²) in [6.07, 6.45) is 2.50. The smallest absolute Gasteiger partial charge is 0.303 e. The van der Waals surface area contributed by atoms with Gasteiger partial charge in [-0.3, -0.25) is 4.79 Å². The first-order chi connectivity index (χ1) is 9.06. The summed E-state index contributed by atoms with van der Waals surface area (Å²) in [6, 6.07) is 0. The monoisotopic (exact) mass is 266 g/mol. The van der Waals surface area contributed by atoms with Crippen LogP contribution in [0, 0.1) is 5.92 Å². The van der Waals surface area contributed by atoms with Crippen LogP contribution in [0.3, 0.4) is 0 Å². The predicted octanol–water partition coefficient (Wildman–Crippen LogP) is 1.91. The van der Waals surface area contributed by atoms with Gasteiger partial charge in [0.2, 0.25) is 5.95 Å². The molecule has 1 atom stereocenters. The lowest BCUT2D eigenvalue weighted by molar-refractivity contribution is -0.137. The van der Waals surface area contributed by atoms with Gasteiger partial charge in [0.05, 0.1) is 11.4 Å². The normalized spacial score (nSPS) is 12.2. The number of carbonyl (C=O) groups is 1. The molecule has 0 amide bonds. The van der Waals surface area contributed by atoms with Gasteiger partial charge in [0.25, 0.3) is 0 Å². The van der Waals surface area contributed by atoms with E-state index in [9.17, 15) is 4.79 Å². The van der Waals surface area contributed by atoms with Crippen molar-refractivity contribution >= 4 is 11.9 Å². The number of aryl methyl sites for hydroxylation is 2. The highest BCUT2D eigenvalue weighted by atomic mass is 16.4. The molecule has 1 rings (SSSR count). The molecule has 0 saturated heterocycles. The van der Waals surface area contributed by atoms with E-state index in [2.05, 4.69) is 20.5 Å². The van der Waals surface area contributed by atoms with Gasteiger partial charge in [-0.1, -0.05) is 20.8 Å². The molecule has 0 aliphatic rings. The molecule has 0 aromatic carbocycles. The van der Waals surface area contributed by atoms with Crippen LogP contribution in [-0.4, -0.2) is 32.8 Å². The minimum Gasteiger partial charge on any atom is -0.481 e. The van der Waals surface area contributed by atoms with E-state index in [1.54, 1.807) is 0 Å². The van der Waals surface area contributed by atoms with Crippen molar-refractivity contribution in [2.45, 2.75) is 46.5 Å². The summed E-state index contributed by atoms with van der Waals surface area (Å²) in [6.45, 7) is 6.74. The number of aromatic nitrogens is 3. The second kappa shape index (κ2) is 7.66. The zero-order valence-corrected chi connectivity index (χ0v) is 11.8. The van der Waals surface area contributed by atoms with Crippen molar-refractivity contribution in [3.8, 4) is 0 Å². The molecule has 1 aromatic heterocycles. The number of carboxylic acid groups (broad SMARTS) is 1. The second-order valence-electron chi connectivity index (χ2n) is 4.65. The first-order valence-electron chi connectivity index (χ1n) is 6.74. The van der Waals surface area contributed by atoms with Crippen molar-refractivity contribution in [1.29, 1.82) is 0 Å². The van der Waals surface area contributed by atoms with Crippen LogP contribution in [0.25, 0.3) is 0 Å². The van der Waals surface area contributed by atoms with Crippen LogP contribution < -0.4 is 5.32 Å². The minimum atomic E-state index is -0.759. The molecule has 6 nitrogen and oxygen atoms in total. The van der Waals surface area contributed by atoms with Gasteiger partial charge in [-0.15, -0.1) is 5.10 Å². The molecular formula is C13H22N4O2. The van der Waals surface area contributed by atoms with Gasteiger partial charge >= 0.3 is 5.97 Å². The molecule has 0 bridgehead atoms. The molecule has 2 N–H and O–H groups in total. The summed E-state index contributed by atoms with van der Waals surface area (Å²) in [5, 5.41) is 19.9. The van der Waals surface area contributed by atoms with Crippen molar-refractivity contribution in [3.05, 3.63) is 11.4 Å². The molecule has 6 heteroatoms. The van der Waals surface area contributed by atoms with E-state index >= 15 is 0 Å². The third-order valence-electron chi connectivity index (χ3n) is 2.97. The third-order valence-corrected chi connectivity index (χ3v) is 2.97. The Balaban J connectivity index is 2.51. The van der Waals surface area contributed by atoms with E-state index in [4.69, 9.17) is 5.11 Å². The molecular weight excluding hydrogens is 244 g/mol. The molecule has 0 spiro atoms. The van der Waals surface area contributed by atoms with Gasteiger partial charge in [0.1, 0.15) is 0 Å². The predicted molar refractivity (Wildman–Crippen MR) is 73.1 cm³/mol. The highest BCUT2D eigenvalue weighted by Gasteiger charge is 2.08. The van der Waals surface area contributed by atoms with Crippen LogP contribution in [0.2, 0.25) is 0 Å². The summed E-state index contributed by atoms with van der Waals surface area (Å²) < 4.78 is 0. The van der Waals surface area contributed by atoms with E-state index in [1.165, 1.54) is 0 Å². The maximum Gasteiger partial charge on any atom is 0.303 e. The third kappa shape index (κ3) is 5.19. The summed E-state index contributed by atoms with van der Waals surface area (Å²) in [4.78, 5) is 14.9. The number of aliphatic carboxylic acids is 1. The van der Waals surface area contributed by atoms with Gasteiger partial charge in [-0.05, 0) is 25.2 Å². The van der Waals surface area contributed by atoms with Crippen LogP contribution in [0.15, 0.2) is 0 Å². The van der Waals surface area contributed by atoms with Crippen LogP contribution in [-0.2, 0) is 17.6 Å². The lowest BCUT2D eigenvalue weighted by atomic mass is 10.1. The maximum atomic E-state index is 10.5. The number of nitrogens with zero attached hydrogens (tertiary/aromatic N) is 3. The van der Waals surface area contributed by atoms with E-state index in [0.29, 0.717) is 18.9 Å². The fraction of sp³-hybridized carbons (Fsp3) is 0.692. The molecule has 0 saturated carbocycles. The van der Waals surface area contributed by atoms with E-state index in [1.807, 2.05) is 20.8 Å². The molecule has 106 valence electrons. The highest BCUT2D eigenvalue weighted by molar-refractivity contribution is 5.66. The summed E-state index contributed by atoms with van der Waals surface area (Å²) in [5.74, 6) is 0.0252. The van der Waals surface area contributed by atoms with Crippen molar-refractivity contribution in [1.82, 2.24) is 15.2 Å². The lowest BCUT2D eigenvalue weighted by Gasteiger charge is -2.12. The number of hydrogen-bond acceptors (Lipinski definition) is 5. The second-order valence-corrected chi connectivity index (χ2v) is 4.65. The van der Waals surface area contributed by atoms with Gasteiger partial charge < -0.3 is 10.4 Å². The quantitative estimate of drug-likeness (QED) is 0.747. The molecule has 1 aromatic rings. The van der Waals surface area contributed by atoms with Gasteiger partial charge in [-0.25, -0.2) is 4.98 Å². The Morgan fingerprint density at radius 1 is 1.26 bits per heavy atom. The van der Waals surface area contributed by atoms with Crippen LogP contribution in [0.1, 0.15) is 45.0 Å². The topological polar surface area (TPSA) is 88.0 Å². The summed E-state index contributed by atoms with van der Waals surface area (Å²) in [7, 11) is 0. The van der Waals surface area contributed by atoms with E-state index in [0.717, 1.165) is 24.2 Å². The first kappa shape index (κ1) is 15.3. The minimum absolute atomic E-state index is 0.191. The molecule has 1 heterocycles. The van der Waals surface area contributed by atoms with Crippen molar-refractivity contribution < 1.29 is 9.90 Å². The summed E-state index contributed by atoms with van der Waals surface area (Å²) in [5.41, 5.74) is 1.91.